The van der Waals surface area contributed by atoms with Gasteiger partial charge in [-0.15, -0.1) is 0 Å². The zero-order valence-electron chi connectivity index (χ0n) is 10.6. The van der Waals surface area contributed by atoms with Crippen LogP contribution in [0.25, 0.3) is 0 Å². The molecule has 0 saturated heterocycles. The highest BCUT2D eigenvalue weighted by molar-refractivity contribution is 7.99. The van der Waals surface area contributed by atoms with Crippen LogP contribution in [0.15, 0.2) is 4.52 Å². The van der Waals surface area contributed by atoms with Crippen molar-refractivity contribution >= 4 is 17.7 Å². The summed E-state index contributed by atoms with van der Waals surface area (Å²) < 4.78 is 5.24. The summed E-state index contributed by atoms with van der Waals surface area (Å²) >= 11 is 1.77. The van der Waals surface area contributed by atoms with Crippen molar-refractivity contribution in [3.05, 3.63) is 11.7 Å². The molecule has 1 aromatic rings. The number of hydrogen-bond acceptors (Lipinski definition) is 5. The Hall–Kier alpha value is -1.04. The third-order valence-corrected chi connectivity index (χ3v) is 4.25. The predicted octanol–water partition coefficient (Wildman–Crippen LogP) is 2.68. The zero-order valence-corrected chi connectivity index (χ0v) is 11.4. The average molecular weight is 270 g/mol. The minimum Gasteiger partial charge on any atom is -0.481 e. The first-order chi connectivity index (χ1) is 8.56. The van der Waals surface area contributed by atoms with Crippen molar-refractivity contribution in [1.82, 2.24) is 10.1 Å². The van der Waals surface area contributed by atoms with Crippen molar-refractivity contribution in [3.63, 3.8) is 0 Å². The minimum atomic E-state index is -0.715. The van der Waals surface area contributed by atoms with Gasteiger partial charge in [0.05, 0.1) is 11.7 Å². The topological polar surface area (TPSA) is 76.2 Å². The van der Waals surface area contributed by atoms with E-state index in [1.54, 1.807) is 11.8 Å². The van der Waals surface area contributed by atoms with E-state index in [1.807, 2.05) is 0 Å². The molecule has 0 spiro atoms. The van der Waals surface area contributed by atoms with Crippen LogP contribution in [0.4, 0.5) is 0 Å². The van der Waals surface area contributed by atoms with Crippen molar-refractivity contribution in [3.8, 4) is 0 Å². The maximum atomic E-state index is 10.9. The summed E-state index contributed by atoms with van der Waals surface area (Å²) in [6.07, 6.45) is 2.16. The van der Waals surface area contributed by atoms with Crippen LogP contribution in [0.1, 0.15) is 50.7 Å². The molecule has 100 valence electrons. The molecule has 0 aliphatic heterocycles. The molecular weight excluding hydrogens is 252 g/mol. The molecule has 1 aliphatic rings. The summed E-state index contributed by atoms with van der Waals surface area (Å²) in [6, 6.07) is 0. The van der Waals surface area contributed by atoms with Gasteiger partial charge in [0.25, 0.3) is 0 Å². The van der Waals surface area contributed by atoms with Gasteiger partial charge in [-0.05, 0) is 24.5 Å². The Balaban J connectivity index is 1.92. The Kier molecular flexibility index (Phi) is 4.27. The number of carbonyl (C=O) groups is 1. The Morgan fingerprint density at radius 2 is 2.33 bits per heavy atom. The van der Waals surface area contributed by atoms with Crippen molar-refractivity contribution in [2.75, 3.05) is 0 Å². The molecule has 0 aromatic carbocycles. The van der Waals surface area contributed by atoms with Gasteiger partial charge in [0.2, 0.25) is 5.89 Å². The molecule has 2 unspecified atom stereocenters. The van der Waals surface area contributed by atoms with Crippen molar-refractivity contribution in [2.45, 2.75) is 50.0 Å². The second-order valence-electron chi connectivity index (χ2n) is 4.95. The van der Waals surface area contributed by atoms with Crippen LogP contribution in [0.2, 0.25) is 0 Å². The van der Waals surface area contributed by atoms with E-state index in [1.165, 1.54) is 0 Å². The van der Waals surface area contributed by atoms with Crippen LogP contribution in [-0.2, 0) is 10.5 Å². The number of nitrogens with zero attached hydrogens (tertiary/aromatic N) is 2. The van der Waals surface area contributed by atoms with Crippen molar-refractivity contribution in [2.24, 2.45) is 5.92 Å². The molecule has 1 heterocycles. The van der Waals surface area contributed by atoms with Crippen LogP contribution >= 0.6 is 11.8 Å². The summed E-state index contributed by atoms with van der Waals surface area (Å²) in [5.74, 6) is 1.22. The minimum absolute atomic E-state index is 0.122. The van der Waals surface area contributed by atoms with E-state index in [0.717, 1.165) is 12.2 Å². The normalized spacial score (nSPS) is 23.7. The summed E-state index contributed by atoms with van der Waals surface area (Å²) in [5.41, 5.74) is 0. The maximum absolute atomic E-state index is 10.9. The van der Waals surface area contributed by atoms with E-state index in [2.05, 4.69) is 24.0 Å². The Morgan fingerprint density at radius 3 is 2.94 bits per heavy atom. The zero-order chi connectivity index (χ0) is 13.1. The molecule has 2 atom stereocenters. The first kappa shape index (κ1) is 13.4. The van der Waals surface area contributed by atoms with Crippen molar-refractivity contribution < 1.29 is 14.4 Å². The second kappa shape index (κ2) is 5.73. The first-order valence-electron chi connectivity index (χ1n) is 6.23. The smallest absolute Gasteiger partial charge is 0.306 e. The molecule has 1 aromatic heterocycles. The first-order valence-corrected chi connectivity index (χ1v) is 7.28. The van der Waals surface area contributed by atoms with Gasteiger partial charge >= 0.3 is 5.97 Å². The molecule has 6 heteroatoms. The SMILES string of the molecule is CC(C)SCc1noc(C2CCC(C(=O)O)C2)n1. The number of hydrogen-bond donors (Lipinski definition) is 1. The lowest BCUT2D eigenvalue weighted by Gasteiger charge is -2.02. The van der Waals surface area contributed by atoms with Crippen LogP contribution < -0.4 is 0 Å². The van der Waals surface area contributed by atoms with Crippen LogP contribution in [0, 0.1) is 5.92 Å². The molecular formula is C12H18N2O3S. The van der Waals surface area contributed by atoms with Gasteiger partial charge in [-0.3, -0.25) is 4.79 Å². The van der Waals surface area contributed by atoms with Crippen LogP contribution in [-0.4, -0.2) is 26.5 Å². The highest BCUT2D eigenvalue weighted by Crippen LogP contribution is 2.37. The van der Waals surface area contributed by atoms with E-state index < -0.39 is 5.97 Å². The number of thioether (sulfide) groups is 1. The van der Waals surface area contributed by atoms with E-state index in [0.29, 0.717) is 29.8 Å². The fraction of sp³-hybridized carbons (Fsp3) is 0.750. The molecule has 1 aliphatic carbocycles. The van der Waals surface area contributed by atoms with Gasteiger partial charge in [-0.25, -0.2) is 0 Å². The van der Waals surface area contributed by atoms with Crippen LogP contribution in [0.5, 0.6) is 0 Å². The molecule has 2 rings (SSSR count). The Morgan fingerprint density at radius 1 is 1.56 bits per heavy atom. The molecule has 1 saturated carbocycles. The van der Waals surface area contributed by atoms with E-state index in [-0.39, 0.29) is 11.8 Å². The Labute approximate surface area is 110 Å². The summed E-state index contributed by atoms with van der Waals surface area (Å²) in [4.78, 5) is 15.3. The average Bonchev–Trinajstić information content (AvgIpc) is 2.95. The van der Waals surface area contributed by atoms with Gasteiger partial charge in [0, 0.05) is 5.92 Å². The van der Waals surface area contributed by atoms with Gasteiger partial charge in [-0.1, -0.05) is 19.0 Å². The van der Waals surface area contributed by atoms with Gasteiger partial charge in [-0.2, -0.15) is 16.7 Å². The van der Waals surface area contributed by atoms with E-state index >= 15 is 0 Å². The lowest BCUT2D eigenvalue weighted by atomic mass is 10.1. The van der Waals surface area contributed by atoms with E-state index in [9.17, 15) is 4.79 Å². The molecule has 0 radical (unpaired) electrons. The summed E-state index contributed by atoms with van der Waals surface area (Å²) in [7, 11) is 0. The highest BCUT2D eigenvalue weighted by Gasteiger charge is 2.33. The standard InChI is InChI=1S/C12H18N2O3S/c1-7(2)18-6-10-13-11(17-14-10)8-3-4-9(5-8)12(15)16/h7-9H,3-6H2,1-2H3,(H,15,16). The highest BCUT2D eigenvalue weighted by atomic mass is 32.2. The fourth-order valence-electron chi connectivity index (χ4n) is 2.16. The number of aliphatic carboxylic acids is 1. The molecule has 1 N–H and O–H groups in total. The lowest BCUT2D eigenvalue weighted by Crippen LogP contribution is -2.09. The van der Waals surface area contributed by atoms with E-state index in [4.69, 9.17) is 9.63 Å². The molecule has 0 amide bonds. The Bertz CT molecular complexity index is 419. The third kappa shape index (κ3) is 3.25. The lowest BCUT2D eigenvalue weighted by molar-refractivity contribution is -0.141. The number of carboxylic acids is 1. The number of aromatic nitrogens is 2. The monoisotopic (exact) mass is 270 g/mol. The number of rotatable bonds is 5. The van der Waals surface area contributed by atoms with Gasteiger partial charge < -0.3 is 9.63 Å². The predicted molar refractivity (Wildman–Crippen MR) is 68.4 cm³/mol. The molecule has 0 bridgehead atoms. The maximum Gasteiger partial charge on any atom is 0.306 e. The third-order valence-electron chi connectivity index (χ3n) is 3.16. The molecule has 5 nitrogen and oxygen atoms in total. The summed E-state index contributed by atoms with van der Waals surface area (Å²) in [6.45, 7) is 4.25. The largest absolute Gasteiger partial charge is 0.481 e. The second-order valence-corrected chi connectivity index (χ2v) is 6.52. The number of carboxylic acid groups (broad SMARTS) is 1. The van der Waals surface area contributed by atoms with Gasteiger partial charge in [0.1, 0.15) is 0 Å². The van der Waals surface area contributed by atoms with Crippen LogP contribution in [0.3, 0.4) is 0 Å². The summed E-state index contributed by atoms with van der Waals surface area (Å²) in [5, 5.41) is 13.4. The quantitative estimate of drug-likeness (QED) is 0.886. The molecule has 18 heavy (non-hydrogen) atoms. The molecule has 1 fully saturated rings. The fourth-order valence-corrected chi connectivity index (χ4v) is 2.76. The van der Waals surface area contributed by atoms with Crippen molar-refractivity contribution in [1.29, 1.82) is 0 Å². The van der Waals surface area contributed by atoms with Gasteiger partial charge in [0.15, 0.2) is 5.82 Å².